The van der Waals surface area contributed by atoms with Gasteiger partial charge in [0.2, 0.25) is 0 Å². The molecule has 0 atom stereocenters. The molecule has 1 aromatic rings. The topological polar surface area (TPSA) is 72.6 Å². The number of benzene rings is 1. The molecule has 1 aliphatic heterocycles. The predicted octanol–water partition coefficient (Wildman–Crippen LogP) is 1.84. The lowest BCUT2D eigenvalue weighted by molar-refractivity contribution is -0.384. The Labute approximate surface area is 109 Å². The second kappa shape index (κ2) is 5.69. The normalized spacial score (nSPS) is 17.2. The third-order valence-electron chi connectivity index (χ3n) is 2.95. The first-order valence-corrected chi connectivity index (χ1v) is 6.80. The van der Waals surface area contributed by atoms with Gasteiger partial charge in [-0.1, -0.05) is 12.1 Å². The maximum Gasteiger partial charge on any atom is 0.269 e. The summed E-state index contributed by atoms with van der Waals surface area (Å²) in [6.45, 7) is 1.34. The molecule has 1 N–H and O–H groups in total. The zero-order valence-electron chi connectivity index (χ0n) is 9.87. The van der Waals surface area contributed by atoms with Crippen molar-refractivity contribution in [2.75, 3.05) is 25.6 Å². The first kappa shape index (κ1) is 13.3. The molecule has 18 heavy (non-hydrogen) atoms. The average Bonchev–Trinajstić information content (AvgIpc) is 2.33. The molecule has 2 rings (SSSR count). The molecule has 0 radical (unpaired) electrons. The third kappa shape index (κ3) is 3.01. The second-order valence-electron chi connectivity index (χ2n) is 4.57. The highest BCUT2D eigenvalue weighted by molar-refractivity contribution is 7.98. The van der Waals surface area contributed by atoms with Crippen molar-refractivity contribution in [3.63, 3.8) is 0 Å². The van der Waals surface area contributed by atoms with Crippen LogP contribution in [0, 0.1) is 15.5 Å². The smallest absolute Gasteiger partial charge is 0.269 e. The van der Waals surface area contributed by atoms with Crippen LogP contribution >= 0.6 is 11.8 Å². The van der Waals surface area contributed by atoms with Crippen molar-refractivity contribution in [2.45, 2.75) is 5.75 Å². The molecule has 0 spiro atoms. The van der Waals surface area contributed by atoms with Crippen molar-refractivity contribution in [1.29, 1.82) is 0 Å². The Morgan fingerprint density at radius 2 is 2.28 bits per heavy atom. The van der Waals surface area contributed by atoms with Crippen LogP contribution < -0.4 is 0 Å². The number of aliphatic hydroxyl groups excluding tert-OH is 1. The molecule has 1 aromatic carbocycles. The number of thioether (sulfide) groups is 1. The van der Waals surface area contributed by atoms with Gasteiger partial charge in [-0.15, -0.1) is 0 Å². The fraction of sp³-hybridized carbons (Fsp3) is 0.500. The van der Waals surface area contributed by atoms with E-state index in [9.17, 15) is 15.2 Å². The van der Waals surface area contributed by atoms with Gasteiger partial charge < -0.3 is 9.84 Å². The minimum absolute atomic E-state index is 0.106. The standard InChI is InChI=1S/C12H15NO4S/c14-6-12(7-17-8-12)9-18-5-10-2-1-3-11(4-10)13(15)16/h1-4,14H,5-9H2. The molecule has 98 valence electrons. The highest BCUT2D eigenvalue weighted by Crippen LogP contribution is 2.32. The third-order valence-corrected chi connectivity index (χ3v) is 4.30. The van der Waals surface area contributed by atoms with E-state index in [4.69, 9.17) is 4.74 Å². The summed E-state index contributed by atoms with van der Waals surface area (Å²) in [6, 6.07) is 6.66. The lowest BCUT2D eigenvalue weighted by Gasteiger charge is -2.39. The monoisotopic (exact) mass is 269 g/mol. The Kier molecular flexibility index (Phi) is 4.21. The summed E-state index contributed by atoms with van der Waals surface area (Å²) in [5, 5.41) is 19.9. The summed E-state index contributed by atoms with van der Waals surface area (Å²) >= 11 is 1.67. The van der Waals surface area contributed by atoms with E-state index in [2.05, 4.69) is 0 Å². The molecule has 6 heteroatoms. The SMILES string of the molecule is O=[N+]([O-])c1cccc(CSCC2(CO)COC2)c1. The van der Waals surface area contributed by atoms with E-state index in [0.29, 0.717) is 19.0 Å². The molecule has 0 aliphatic carbocycles. The quantitative estimate of drug-likeness (QED) is 0.630. The number of ether oxygens (including phenoxy) is 1. The Balaban J connectivity index is 1.86. The maximum atomic E-state index is 10.6. The summed E-state index contributed by atoms with van der Waals surface area (Å²) in [5.74, 6) is 1.52. The van der Waals surface area contributed by atoms with Crippen LogP contribution in [-0.4, -0.2) is 35.6 Å². The molecule has 0 saturated carbocycles. The van der Waals surface area contributed by atoms with Crippen LogP contribution in [0.5, 0.6) is 0 Å². The molecule has 1 heterocycles. The van der Waals surface area contributed by atoms with Crippen LogP contribution in [0.3, 0.4) is 0 Å². The van der Waals surface area contributed by atoms with Crippen molar-refractivity contribution in [1.82, 2.24) is 0 Å². The molecule has 1 saturated heterocycles. The molecule has 5 nitrogen and oxygen atoms in total. The molecule has 0 bridgehead atoms. The molecular formula is C12H15NO4S. The van der Waals surface area contributed by atoms with Gasteiger partial charge >= 0.3 is 0 Å². The first-order valence-electron chi connectivity index (χ1n) is 5.65. The Hall–Kier alpha value is -1.11. The maximum absolute atomic E-state index is 10.6. The van der Waals surface area contributed by atoms with Gasteiger partial charge in [-0.2, -0.15) is 11.8 Å². The Morgan fingerprint density at radius 1 is 1.50 bits per heavy atom. The van der Waals surface area contributed by atoms with Gasteiger partial charge in [0, 0.05) is 29.1 Å². The number of hydrogen-bond acceptors (Lipinski definition) is 5. The fourth-order valence-electron chi connectivity index (χ4n) is 1.76. The van der Waals surface area contributed by atoms with E-state index in [1.165, 1.54) is 6.07 Å². The van der Waals surface area contributed by atoms with E-state index < -0.39 is 0 Å². The number of nitro benzene ring substituents is 1. The number of hydrogen-bond donors (Lipinski definition) is 1. The predicted molar refractivity (Wildman–Crippen MR) is 69.6 cm³/mol. The van der Waals surface area contributed by atoms with Crippen LogP contribution in [-0.2, 0) is 10.5 Å². The van der Waals surface area contributed by atoms with Crippen LogP contribution in [0.25, 0.3) is 0 Å². The van der Waals surface area contributed by atoms with Crippen LogP contribution in [0.15, 0.2) is 24.3 Å². The van der Waals surface area contributed by atoms with E-state index in [0.717, 1.165) is 11.3 Å². The van der Waals surface area contributed by atoms with E-state index in [-0.39, 0.29) is 22.6 Å². The fourth-order valence-corrected chi connectivity index (χ4v) is 2.96. The van der Waals surface area contributed by atoms with Gasteiger partial charge in [0.1, 0.15) is 0 Å². The van der Waals surface area contributed by atoms with Gasteiger partial charge in [0.05, 0.1) is 24.7 Å². The van der Waals surface area contributed by atoms with Gasteiger partial charge in [0.15, 0.2) is 0 Å². The summed E-state index contributed by atoms with van der Waals surface area (Å²) in [5.41, 5.74) is 0.949. The first-order chi connectivity index (χ1) is 8.65. The Morgan fingerprint density at radius 3 is 2.83 bits per heavy atom. The van der Waals surface area contributed by atoms with Crippen molar-refractivity contribution >= 4 is 17.4 Å². The molecular weight excluding hydrogens is 254 g/mol. The van der Waals surface area contributed by atoms with Crippen LogP contribution in [0.4, 0.5) is 5.69 Å². The van der Waals surface area contributed by atoms with Gasteiger partial charge in [-0.25, -0.2) is 0 Å². The van der Waals surface area contributed by atoms with E-state index in [1.54, 1.807) is 23.9 Å². The van der Waals surface area contributed by atoms with Gasteiger partial charge in [-0.3, -0.25) is 10.1 Å². The van der Waals surface area contributed by atoms with Crippen LogP contribution in [0.1, 0.15) is 5.56 Å². The minimum atomic E-state index is -0.386. The molecule has 1 fully saturated rings. The number of nitro groups is 1. The summed E-state index contributed by atoms with van der Waals surface area (Å²) in [6.07, 6.45) is 0. The van der Waals surface area contributed by atoms with Gasteiger partial charge in [0.25, 0.3) is 5.69 Å². The number of aliphatic hydroxyl groups is 1. The lowest BCUT2D eigenvalue weighted by atomic mass is 9.90. The number of rotatable bonds is 6. The largest absolute Gasteiger partial charge is 0.396 e. The number of nitrogens with zero attached hydrogens (tertiary/aromatic N) is 1. The van der Waals surface area contributed by atoms with E-state index >= 15 is 0 Å². The summed E-state index contributed by atoms with van der Waals surface area (Å²) in [7, 11) is 0. The average molecular weight is 269 g/mol. The Bertz CT molecular complexity index is 428. The van der Waals surface area contributed by atoms with Crippen molar-refractivity contribution < 1.29 is 14.8 Å². The summed E-state index contributed by atoms with van der Waals surface area (Å²) < 4.78 is 5.12. The second-order valence-corrected chi connectivity index (χ2v) is 5.56. The number of non-ortho nitro benzene ring substituents is 1. The van der Waals surface area contributed by atoms with Crippen molar-refractivity contribution in [2.24, 2.45) is 5.41 Å². The van der Waals surface area contributed by atoms with Crippen molar-refractivity contribution in [3.05, 3.63) is 39.9 Å². The van der Waals surface area contributed by atoms with Gasteiger partial charge in [-0.05, 0) is 5.56 Å². The zero-order chi connectivity index (χ0) is 13.0. The molecule has 0 amide bonds. The summed E-state index contributed by atoms with van der Waals surface area (Å²) in [4.78, 5) is 10.3. The van der Waals surface area contributed by atoms with E-state index in [1.807, 2.05) is 6.07 Å². The molecule has 0 aromatic heterocycles. The molecule has 0 unspecified atom stereocenters. The highest BCUT2D eigenvalue weighted by atomic mass is 32.2. The van der Waals surface area contributed by atoms with Crippen molar-refractivity contribution in [3.8, 4) is 0 Å². The lowest BCUT2D eigenvalue weighted by Crippen LogP contribution is -2.47. The van der Waals surface area contributed by atoms with Crippen LogP contribution in [0.2, 0.25) is 0 Å². The minimum Gasteiger partial charge on any atom is -0.396 e. The highest BCUT2D eigenvalue weighted by Gasteiger charge is 2.37. The molecule has 1 aliphatic rings. The zero-order valence-corrected chi connectivity index (χ0v) is 10.7.